The molecule has 1 unspecified atom stereocenters. The zero-order chi connectivity index (χ0) is 24.5. The van der Waals surface area contributed by atoms with Crippen molar-refractivity contribution in [3.63, 3.8) is 0 Å². The predicted molar refractivity (Wildman–Crippen MR) is 133 cm³/mol. The summed E-state index contributed by atoms with van der Waals surface area (Å²) in [5.41, 5.74) is 1.51. The number of rotatable bonds is 6. The Balaban J connectivity index is 1.64. The Labute approximate surface area is 204 Å². The van der Waals surface area contributed by atoms with Gasteiger partial charge in [-0.05, 0) is 54.4 Å². The Morgan fingerprint density at radius 2 is 1.83 bits per heavy atom. The molecule has 5 rings (SSSR count). The molecule has 1 aromatic heterocycles. The van der Waals surface area contributed by atoms with E-state index in [9.17, 15) is 19.1 Å². The fourth-order valence-electron chi connectivity index (χ4n) is 4.05. The molecule has 1 saturated heterocycles. The lowest BCUT2D eigenvalue weighted by Crippen LogP contribution is -2.29. The van der Waals surface area contributed by atoms with Gasteiger partial charge in [0.1, 0.15) is 17.3 Å². The number of carbonyl (C=O) groups excluding carboxylic acids is 2. The van der Waals surface area contributed by atoms with E-state index in [0.29, 0.717) is 33.7 Å². The minimum Gasteiger partial charge on any atom is -0.507 e. The minimum absolute atomic E-state index is 0.0335. The molecule has 6 nitrogen and oxygen atoms in total. The number of aliphatic hydroxyl groups is 1. The van der Waals surface area contributed by atoms with Gasteiger partial charge < -0.3 is 9.84 Å². The molecule has 0 spiro atoms. The van der Waals surface area contributed by atoms with E-state index in [0.717, 1.165) is 17.8 Å². The van der Waals surface area contributed by atoms with E-state index in [1.807, 2.05) is 13.0 Å². The molecule has 2 heterocycles. The molecule has 1 N–H and O–H groups in total. The number of carbonyl (C=O) groups is 2. The summed E-state index contributed by atoms with van der Waals surface area (Å²) in [4.78, 5) is 32.3. The number of hydrogen-bond acceptors (Lipinski definition) is 6. The van der Waals surface area contributed by atoms with Gasteiger partial charge in [0.2, 0.25) is 0 Å². The topological polar surface area (TPSA) is 79.7 Å². The van der Waals surface area contributed by atoms with Gasteiger partial charge in [-0.15, -0.1) is 0 Å². The van der Waals surface area contributed by atoms with Crippen molar-refractivity contribution in [3.05, 3.63) is 95.3 Å². The standard InChI is InChI=1S/C27H21FN2O4S/c1-2-14-34-19-11-8-17(9-12-19)24(31)22-23(16-6-4-3-5-7-16)30(26(33)25(22)32)27-29-20-13-10-18(28)15-21(20)35-27/h3-13,15,23,31H,2,14H2,1H3. The van der Waals surface area contributed by atoms with Gasteiger partial charge in [0.25, 0.3) is 5.78 Å². The first-order valence-corrected chi connectivity index (χ1v) is 11.9. The highest BCUT2D eigenvalue weighted by atomic mass is 32.1. The van der Waals surface area contributed by atoms with Crippen molar-refractivity contribution in [2.24, 2.45) is 0 Å². The highest BCUT2D eigenvalue weighted by molar-refractivity contribution is 7.22. The number of ketones is 1. The number of aromatic nitrogens is 1. The first-order chi connectivity index (χ1) is 17.0. The maximum Gasteiger partial charge on any atom is 0.301 e. The molecular weight excluding hydrogens is 467 g/mol. The molecule has 176 valence electrons. The molecule has 0 saturated carbocycles. The zero-order valence-corrected chi connectivity index (χ0v) is 19.6. The smallest absolute Gasteiger partial charge is 0.301 e. The Kier molecular flexibility index (Phi) is 6.05. The summed E-state index contributed by atoms with van der Waals surface area (Å²) < 4.78 is 19.9. The normalized spacial score (nSPS) is 17.3. The van der Waals surface area contributed by atoms with Gasteiger partial charge in [0, 0.05) is 5.56 Å². The monoisotopic (exact) mass is 488 g/mol. The second-order valence-electron chi connectivity index (χ2n) is 8.06. The lowest BCUT2D eigenvalue weighted by Gasteiger charge is -2.22. The molecule has 3 aromatic carbocycles. The number of fused-ring (bicyclic) bond motifs is 1. The number of hydrogen-bond donors (Lipinski definition) is 1. The lowest BCUT2D eigenvalue weighted by atomic mass is 9.95. The number of amides is 1. The van der Waals surface area contributed by atoms with E-state index in [1.54, 1.807) is 48.5 Å². The fourth-order valence-corrected chi connectivity index (χ4v) is 5.07. The summed E-state index contributed by atoms with van der Waals surface area (Å²) >= 11 is 1.11. The molecule has 4 aromatic rings. The largest absolute Gasteiger partial charge is 0.507 e. The van der Waals surface area contributed by atoms with E-state index in [-0.39, 0.29) is 16.5 Å². The van der Waals surface area contributed by atoms with Gasteiger partial charge in [-0.2, -0.15) is 0 Å². The number of benzene rings is 3. The zero-order valence-electron chi connectivity index (χ0n) is 18.8. The van der Waals surface area contributed by atoms with Crippen LogP contribution in [-0.2, 0) is 9.59 Å². The van der Waals surface area contributed by atoms with Crippen molar-refractivity contribution in [2.75, 3.05) is 11.5 Å². The van der Waals surface area contributed by atoms with Crippen molar-refractivity contribution in [1.29, 1.82) is 0 Å². The number of Topliss-reactive ketones (excluding diaryl/α,β-unsaturated/α-hetero) is 1. The number of ether oxygens (including phenoxy) is 1. The van der Waals surface area contributed by atoms with Crippen LogP contribution >= 0.6 is 11.3 Å². The Hall–Kier alpha value is -4.04. The van der Waals surface area contributed by atoms with Crippen LogP contribution in [0.15, 0.2) is 78.4 Å². The third-order valence-corrected chi connectivity index (χ3v) is 6.72. The molecule has 1 atom stereocenters. The number of thiazole rings is 1. The summed E-state index contributed by atoms with van der Waals surface area (Å²) in [6.07, 6.45) is 0.862. The maximum atomic E-state index is 13.8. The van der Waals surface area contributed by atoms with Crippen LogP contribution in [0.5, 0.6) is 5.75 Å². The van der Waals surface area contributed by atoms with Crippen molar-refractivity contribution >= 4 is 44.1 Å². The predicted octanol–water partition coefficient (Wildman–Crippen LogP) is 5.85. The first-order valence-electron chi connectivity index (χ1n) is 11.1. The molecule has 1 amide bonds. The SMILES string of the molecule is CCCOc1ccc(C(O)=C2C(=O)C(=O)N(c3nc4ccc(F)cc4s3)C2c2ccccc2)cc1. The van der Waals surface area contributed by atoms with E-state index >= 15 is 0 Å². The van der Waals surface area contributed by atoms with Crippen LogP contribution in [0.2, 0.25) is 0 Å². The third kappa shape index (κ3) is 4.17. The maximum absolute atomic E-state index is 13.8. The van der Waals surface area contributed by atoms with Crippen LogP contribution in [0.4, 0.5) is 9.52 Å². The van der Waals surface area contributed by atoms with Crippen LogP contribution < -0.4 is 9.64 Å². The second kappa shape index (κ2) is 9.31. The number of halogens is 1. The van der Waals surface area contributed by atoms with Crippen LogP contribution in [0.25, 0.3) is 16.0 Å². The van der Waals surface area contributed by atoms with E-state index < -0.39 is 23.5 Å². The molecule has 1 fully saturated rings. The van der Waals surface area contributed by atoms with E-state index in [1.165, 1.54) is 23.1 Å². The number of aliphatic hydroxyl groups excluding tert-OH is 1. The van der Waals surface area contributed by atoms with Gasteiger partial charge in [-0.1, -0.05) is 48.6 Å². The quantitative estimate of drug-likeness (QED) is 0.209. The molecule has 0 bridgehead atoms. The first kappa shape index (κ1) is 22.7. The summed E-state index contributed by atoms with van der Waals surface area (Å²) in [6, 6.07) is 19.0. The van der Waals surface area contributed by atoms with Gasteiger partial charge in [0.05, 0.1) is 28.4 Å². The molecule has 1 aliphatic rings. The number of nitrogens with zero attached hydrogens (tertiary/aromatic N) is 2. The van der Waals surface area contributed by atoms with Gasteiger partial charge in [-0.3, -0.25) is 14.5 Å². The molecule has 0 aliphatic carbocycles. The lowest BCUT2D eigenvalue weighted by molar-refractivity contribution is -0.132. The highest BCUT2D eigenvalue weighted by Gasteiger charge is 2.48. The highest BCUT2D eigenvalue weighted by Crippen LogP contribution is 2.44. The van der Waals surface area contributed by atoms with Crippen molar-refractivity contribution < 1.29 is 23.8 Å². The van der Waals surface area contributed by atoms with Gasteiger partial charge in [0.15, 0.2) is 5.13 Å². The Morgan fingerprint density at radius 1 is 1.09 bits per heavy atom. The van der Waals surface area contributed by atoms with Crippen molar-refractivity contribution in [2.45, 2.75) is 19.4 Å². The molecule has 35 heavy (non-hydrogen) atoms. The molecule has 1 aliphatic heterocycles. The summed E-state index contributed by atoms with van der Waals surface area (Å²) in [6.45, 7) is 2.57. The second-order valence-corrected chi connectivity index (χ2v) is 9.07. The average Bonchev–Trinajstić information content (AvgIpc) is 3.40. The van der Waals surface area contributed by atoms with Crippen LogP contribution in [0, 0.1) is 5.82 Å². The van der Waals surface area contributed by atoms with Crippen LogP contribution in [0.1, 0.15) is 30.5 Å². The fraction of sp³-hybridized carbons (Fsp3) is 0.148. The third-order valence-electron chi connectivity index (χ3n) is 5.71. The summed E-state index contributed by atoms with van der Waals surface area (Å²) in [7, 11) is 0. The van der Waals surface area contributed by atoms with Crippen molar-refractivity contribution in [1.82, 2.24) is 4.98 Å². The molecule has 8 heteroatoms. The van der Waals surface area contributed by atoms with Crippen LogP contribution in [-0.4, -0.2) is 28.4 Å². The Bertz CT molecular complexity index is 1450. The van der Waals surface area contributed by atoms with Crippen molar-refractivity contribution in [3.8, 4) is 5.75 Å². The van der Waals surface area contributed by atoms with E-state index in [4.69, 9.17) is 4.74 Å². The van der Waals surface area contributed by atoms with Crippen LogP contribution in [0.3, 0.4) is 0 Å². The van der Waals surface area contributed by atoms with E-state index in [2.05, 4.69) is 4.98 Å². The Morgan fingerprint density at radius 3 is 2.54 bits per heavy atom. The summed E-state index contributed by atoms with van der Waals surface area (Å²) in [5, 5.41) is 11.5. The molecule has 0 radical (unpaired) electrons. The van der Waals surface area contributed by atoms with Gasteiger partial charge >= 0.3 is 5.91 Å². The summed E-state index contributed by atoms with van der Waals surface area (Å²) in [5.74, 6) is -1.67. The number of anilines is 1. The minimum atomic E-state index is -0.891. The average molecular weight is 489 g/mol. The molecular formula is C27H21FN2O4S. The van der Waals surface area contributed by atoms with Gasteiger partial charge in [-0.25, -0.2) is 9.37 Å².